The third kappa shape index (κ3) is 3.37. The fourth-order valence-corrected chi connectivity index (χ4v) is 3.92. The van der Waals surface area contributed by atoms with E-state index >= 15 is 0 Å². The number of aromatic nitrogens is 4. The monoisotopic (exact) mass is 414 g/mol. The van der Waals surface area contributed by atoms with Gasteiger partial charge < -0.3 is 16.2 Å². The Kier molecular flexibility index (Phi) is 4.62. The van der Waals surface area contributed by atoms with Crippen molar-refractivity contribution in [3.63, 3.8) is 0 Å². The van der Waals surface area contributed by atoms with E-state index in [0.29, 0.717) is 20.9 Å². The quantitative estimate of drug-likeness (QED) is 0.517. The standard InChI is InChI=1S/C18H15ClN6O2S/c1-25-7-9(6-22-25)8-27-18-23-14(10-3-2-4-11(19)5-10)12-13(20)15(16(21)26)28-17(12)24-18/h2-7H,8,20H2,1H3,(H2,21,26). The number of nitrogen functional groups attached to an aromatic ring is 1. The summed E-state index contributed by atoms with van der Waals surface area (Å²) in [7, 11) is 1.82. The Labute approximate surface area is 168 Å². The predicted molar refractivity (Wildman–Crippen MR) is 108 cm³/mol. The van der Waals surface area contributed by atoms with Crippen LogP contribution in [-0.2, 0) is 13.7 Å². The zero-order chi connectivity index (χ0) is 19.8. The normalized spacial score (nSPS) is 11.1. The van der Waals surface area contributed by atoms with Gasteiger partial charge in [0.25, 0.3) is 5.91 Å². The highest BCUT2D eigenvalue weighted by Gasteiger charge is 2.21. The molecular formula is C18H15ClN6O2S. The molecule has 0 saturated heterocycles. The maximum atomic E-state index is 11.7. The molecule has 28 heavy (non-hydrogen) atoms. The molecule has 3 heterocycles. The van der Waals surface area contributed by atoms with Crippen LogP contribution in [0, 0.1) is 0 Å². The highest BCUT2D eigenvalue weighted by Crippen LogP contribution is 2.39. The summed E-state index contributed by atoms with van der Waals surface area (Å²) in [6.45, 7) is 0.248. The summed E-state index contributed by atoms with van der Waals surface area (Å²) in [6.07, 6.45) is 3.54. The second-order valence-electron chi connectivity index (χ2n) is 6.07. The first-order chi connectivity index (χ1) is 13.4. The molecule has 0 aliphatic heterocycles. The molecule has 8 nitrogen and oxygen atoms in total. The number of carbonyl (C=O) groups excluding carboxylic acids is 1. The Hall–Kier alpha value is -3.17. The zero-order valence-electron chi connectivity index (χ0n) is 14.7. The van der Waals surface area contributed by atoms with Gasteiger partial charge in [0, 0.05) is 29.4 Å². The first-order valence-corrected chi connectivity index (χ1v) is 9.38. The van der Waals surface area contributed by atoms with E-state index in [1.165, 1.54) is 0 Å². The molecule has 1 amide bonds. The van der Waals surface area contributed by atoms with Crippen LogP contribution in [0.15, 0.2) is 36.7 Å². The number of rotatable bonds is 5. The van der Waals surface area contributed by atoms with E-state index in [0.717, 1.165) is 22.5 Å². The van der Waals surface area contributed by atoms with E-state index in [9.17, 15) is 4.79 Å². The van der Waals surface area contributed by atoms with Gasteiger partial charge in [-0.1, -0.05) is 23.7 Å². The van der Waals surface area contributed by atoms with E-state index in [2.05, 4.69) is 15.1 Å². The number of benzene rings is 1. The molecular weight excluding hydrogens is 400 g/mol. The van der Waals surface area contributed by atoms with E-state index < -0.39 is 5.91 Å². The van der Waals surface area contributed by atoms with E-state index in [1.807, 2.05) is 19.3 Å². The number of primary amides is 1. The molecule has 4 rings (SSSR count). The lowest BCUT2D eigenvalue weighted by Gasteiger charge is -2.08. The molecule has 10 heteroatoms. The molecule has 0 radical (unpaired) electrons. The highest BCUT2D eigenvalue weighted by atomic mass is 35.5. The number of nitrogens with two attached hydrogens (primary N) is 2. The molecule has 0 saturated carbocycles. The van der Waals surface area contributed by atoms with Gasteiger partial charge in [0.15, 0.2) is 0 Å². The summed E-state index contributed by atoms with van der Waals surface area (Å²) in [4.78, 5) is 21.4. The van der Waals surface area contributed by atoms with E-state index in [1.54, 1.807) is 29.1 Å². The van der Waals surface area contributed by atoms with Crippen molar-refractivity contribution >= 4 is 44.7 Å². The lowest BCUT2D eigenvalue weighted by atomic mass is 10.1. The number of aryl methyl sites for hydroxylation is 1. The van der Waals surface area contributed by atoms with Gasteiger partial charge in [-0.05, 0) is 12.1 Å². The Morgan fingerprint density at radius 1 is 1.36 bits per heavy atom. The summed E-state index contributed by atoms with van der Waals surface area (Å²) in [5, 5.41) is 5.20. The first kappa shape index (κ1) is 18.2. The van der Waals surface area contributed by atoms with Crippen LogP contribution in [0.3, 0.4) is 0 Å². The maximum Gasteiger partial charge on any atom is 0.318 e. The van der Waals surface area contributed by atoms with Gasteiger partial charge in [0.05, 0.1) is 23.0 Å². The van der Waals surface area contributed by atoms with E-state index in [-0.39, 0.29) is 23.2 Å². The summed E-state index contributed by atoms with van der Waals surface area (Å²) in [6, 6.07) is 7.33. The van der Waals surface area contributed by atoms with Crippen molar-refractivity contribution in [3.8, 4) is 17.3 Å². The number of fused-ring (bicyclic) bond motifs is 1. The molecule has 0 fully saturated rings. The Morgan fingerprint density at radius 2 is 2.18 bits per heavy atom. The first-order valence-electron chi connectivity index (χ1n) is 8.18. The van der Waals surface area contributed by atoms with Crippen molar-refractivity contribution in [2.45, 2.75) is 6.61 Å². The van der Waals surface area contributed by atoms with Crippen LogP contribution in [-0.4, -0.2) is 25.7 Å². The molecule has 0 atom stereocenters. The highest BCUT2D eigenvalue weighted by molar-refractivity contribution is 7.21. The maximum absolute atomic E-state index is 11.7. The molecule has 142 valence electrons. The van der Waals surface area contributed by atoms with E-state index in [4.69, 9.17) is 27.8 Å². The molecule has 0 bridgehead atoms. The van der Waals surface area contributed by atoms with Crippen molar-refractivity contribution in [1.29, 1.82) is 0 Å². The molecule has 0 spiro atoms. The van der Waals surface area contributed by atoms with Crippen LogP contribution in [0.25, 0.3) is 21.5 Å². The van der Waals surface area contributed by atoms with Crippen molar-refractivity contribution in [1.82, 2.24) is 19.7 Å². The van der Waals surface area contributed by atoms with Crippen molar-refractivity contribution < 1.29 is 9.53 Å². The summed E-state index contributed by atoms with van der Waals surface area (Å²) in [5.41, 5.74) is 14.0. The number of ether oxygens (including phenoxy) is 1. The van der Waals surface area contributed by atoms with Crippen LogP contribution >= 0.6 is 22.9 Å². The molecule has 4 N–H and O–H groups in total. The van der Waals surface area contributed by atoms with Gasteiger partial charge >= 0.3 is 6.01 Å². The van der Waals surface area contributed by atoms with Crippen molar-refractivity contribution in [3.05, 3.63) is 52.1 Å². The lowest BCUT2D eigenvalue weighted by molar-refractivity contribution is 0.100. The number of hydrogen-bond acceptors (Lipinski definition) is 7. The second-order valence-corrected chi connectivity index (χ2v) is 7.50. The summed E-state index contributed by atoms with van der Waals surface area (Å²) < 4.78 is 7.44. The average Bonchev–Trinajstić information content (AvgIpc) is 3.22. The van der Waals surface area contributed by atoms with Gasteiger partial charge in [-0.15, -0.1) is 11.3 Å². The number of thiophene rings is 1. The Morgan fingerprint density at radius 3 is 2.86 bits per heavy atom. The number of anilines is 1. The van der Waals surface area contributed by atoms with Gasteiger partial charge in [0.2, 0.25) is 0 Å². The topological polar surface area (TPSA) is 122 Å². The average molecular weight is 415 g/mol. The number of hydrogen-bond donors (Lipinski definition) is 2. The number of halogens is 1. The van der Waals surface area contributed by atoms with Crippen LogP contribution in [0.5, 0.6) is 6.01 Å². The minimum absolute atomic E-state index is 0.156. The summed E-state index contributed by atoms with van der Waals surface area (Å²) in [5.74, 6) is -0.615. The number of carbonyl (C=O) groups is 1. The van der Waals surface area contributed by atoms with Crippen LogP contribution < -0.4 is 16.2 Å². The molecule has 1 aromatic carbocycles. The fourth-order valence-electron chi connectivity index (χ4n) is 2.79. The zero-order valence-corrected chi connectivity index (χ0v) is 16.3. The van der Waals surface area contributed by atoms with Crippen molar-refractivity contribution in [2.24, 2.45) is 12.8 Å². The van der Waals surface area contributed by atoms with Gasteiger partial charge in [-0.25, -0.2) is 0 Å². The Balaban J connectivity index is 1.84. The third-order valence-electron chi connectivity index (χ3n) is 4.02. The molecule has 0 aliphatic carbocycles. The molecule has 0 unspecified atom stereocenters. The van der Waals surface area contributed by atoms with Gasteiger partial charge in [0.1, 0.15) is 16.3 Å². The summed E-state index contributed by atoms with van der Waals surface area (Å²) >= 11 is 7.24. The second kappa shape index (κ2) is 7.10. The molecule has 0 aliphatic rings. The Bertz CT molecular complexity index is 1200. The van der Waals surface area contributed by atoms with Crippen LogP contribution in [0.1, 0.15) is 15.2 Å². The molecule has 4 aromatic rings. The smallest absolute Gasteiger partial charge is 0.318 e. The number of nitrogens with zero attached hydrogens (tertiary/aromatic N) is 4. The minimum Gasteiger partial charge on any atom is -0.458 e. The van der Waals surface area contributed by atoms with Crippen molar-refractivity contribution in [2.75, 3.05) is 5.73 Å². The minimum atomic E-state index is -0.615. The van der Waals surface area contributed by atoms with Gasteiger partial charge in [-0.2, -0.15) is 15.1 Å². The SMILES string of the molecule is Cn1cc(COc2nc(-c3cccc(Cl)c3)c3c(N)c(C(N)=O)sc3n2)cn1. The lowest BCUT2D eigenvalue weighted by Crippen LogP contribution is -2.10. The molecule has 3 aromatic heterocycles. The predicted octanol–water partition coefficient (Wildman–Crippen LogP) is 3.01. The van der Waals surface area contributed by atoms with Gasteiger partial charge in [-0.3, -0.25) is 9.48 Å². The largest absolute Gasteiger partial charge is 0.458 e. The number of amides is 1. The van der Waals surface area contributed by atoms with Crippen LogP contribution in [0.2, 0.25) is 5.02 Å². The fraction of sp³-hybridized carbons (Fsp3) is 0.111. The third-order valence-corrected chi connectivity index (χ3v) is 5.37. The van der Waals surface area contributed by atoms with Crippen LogP contribution in [0.4, 0.5) is 5.69 Å².